The standard InChI is InChI=1S/C12H16F3N3O/c1-7(5-16)6-17-11(19)9-3-4-10(12(13,14)15)18-8(9)2/h3-4,7H,5-6,16H2,1-2H3,(H,17,19). The van der Waals surface area contributed by atoms with Crippen molar-refractivity contribution in [3.05, 3.63) is 29.1 Å². The zero-order chi connectivity index (χ0) is 14.6. The third-order valence-corrected chi connectivity index (χ3v) is 2.63. The molecule has 7 heteroatoms. The Morgan fingerprint density at radius 1 is 1.47 bits per heavy atom. The minimum absolute atomic E-state index is 0.0488. The number of hydrogen-bond donors (Lipinski definition) is 2. The van der Waals surface area contributed by atoms with Crippen LogP contribution < -0.4 is 11.1 Å². The predicted octanol–water partition coefficient (Wildman–Crippen LogP) is 1.73. The zero-order valence-electron chi connectivity index (χ0n) is 10.7. The fraction of sp³-hybridized carbons (Fsp3) is 0.500. The molecule has 106 valence electrons. The van der Waals surface area contributed by atoms with Crippen LogP contribution in [0.5, 0.6) is 0 Å². The predicted molar refractivity (Wildman–Crippen MR) is 64.5 cm³/mol. The number of nitrogens with two attached hydrogens (primary N) is 1. The number of aromatic nitrogens is 1. The van der Waals surface area contributed by atoms with Crippen LogP contribution in [0.15, 0.2) is 12.1 Å². The first-order valence-corrected chi connectivity index (χ1v) is 5.78. The van der Waals surface area contributed by atoms with Crippen LogP contribution in [0.2, 0.25) is 0 Å². The molecular formula is C12H16F3N3O. The van der Waals surface area contributed by atoms with Crippen LogP contribution in [-0.2, 0) is 6.18 Å². The van der Waals surface area contributed by atoms with E-state index in [4.69, 9.17) is 5.73 Å². The second-order valence-corrected chi connectivity index (χ2v) is 4.38. The van der Waals surface area contributed by atoms with Crippen LogP contribution in [0.25, 0.3) is 0 Å². The number of rotatable bonds is 4. The monoisotopic (exact) mass is 275 g/mol. The average Bonchev–Trinajstić information content (AvgIpc) is 2.34. The summed E-state index contributed by atoms with van der Waals surface area (Å²) in [6.07, 6.45) is -4.51. The molecule has 0 saturated heterocycles. The van der Waals surface area contributed by atoms with Crippen molar-refractivity contribution in [2.24, 2.45) is 11.7 Å². The van der Waals surface area contributed by atoms with E-state index in [1.165, 1.54) is 6.92 Å². The van der Waals surface area contributed by atoms with Crippen molar-refractivity contribution in [3.8, 4) is 0 Å². The molecule has 1 heterocycles. The van der Waals surface area contributed by atoms with Crippen molar-refractivity contribution in [2.75, 3.05) is 13.1 Å². The number of amides is 1. The Bertz CT molecular complexity index is 460. The molecule has 1 rings (SSSR count). The number of nitrogens with zero attached hydrogens (tertiary/aromatic N) is 1. The Balaban J connectivity index is 2.82. The summed E-state index contributed by atoms with van der Waals surface area (Å²) in [6, 6.07) is 1.93. The maximum atomic E-state index is 12.4. The quantitative estimate of drug-likeness (QED) is 0.879. The third-order valence-electron chi connectivity index (χ3n) is 2.63. The summed E-state index contributed by atoms with van der Waals surface area (Å²) < 4.78 is 37.3. The fourth-order valence-corrected chi connectivity index (χ4v) is 1.40. The largest absolute Gasteiger partial charge is 0.433 e. The van der Waals surface area contributed by atoms with E-state index in [2.05, 4.69) is 10.3 Å². The molecule has 3 N–H and O–H groups in total. The summed E-state index contributed by atoms with van der Waals surface area (Å²) >= 11 is 0. The highest BCUT2D eigenvalue weighted by Gasteiger charge is 2.33. The maximum Gasteiger partial charge on any atom is 0.433 e. The van der Waals surface area contributed by atoms with Crippen molar-refractivity contribution in [3.63, 3.8) is 0 Å². The summed E-state index contributed by atoms with van der Waals surface area (Å²) in [7, 11) is 0. The van der Waals surface area contributed by atoms with Gasteiger partial charge >= 0.3 is 6.18 Å². The lowest BCUT2D eigenvalue weighted by Crippen LogP contribution is -2.32. The van der Waals surface area contributed by atoms with E-state index in [0.717, 1.165) is 12.1 Å². The van der Waals surface area contributed by atoms with Gasteiger partial charge in [-0.15, -0.1) is 0 Å². The second kappa shape index (κ2) is 6.01. The molecule has 0 saturated carbocycles. The zero-order valence-corrected chi connectivity index (χ0v) is 10.7. The molecule has 0 aromatic carbocycles. The highest BCUT2D eigenvalue weighted by atomic mass is 19.4. The van der Waals surface area contributed by atoms with E-state index in [1.807, 2.05) is 6.92 Å². The van der Waals surface area contributed by atoms with Gasteiger partial charge in [0.1, 0.15) is 5.69 Å². The minimum atomic E-state index is -4.51. The summed E-state index contributed by atoms with van der Waals surface area (Å²) in [6.45, 7) is 4.02. The van der Waals surface area contributed by atoms with E-state index in [1.54, 1.807) is 0 Å². The average molecular weight is 275 g/mol. The molecule has 0 aliphatic rings. The number of nitrogens with one attached hydrogen (secondary N) is 1. The van der Waals surface area contributed by atoms with Crippen molar-refractivity contribution in [1.82, 2.24) is 10.3 Å². The molecule has 1 aromatic heterocycles. The first kappa shape index (κ1) is 15.4. The van der Waals surface area contributed by atoms with E-state index in [-0.39, 0.29) is 17.2 Å². The molecule has 0 aliphatic carbocycles. The number of aryl methyl sites for hydroxylation is 1. The van der Waals surface area contributed by atoms with E-state index in [9.17, 15) is 18.0 Å². The molecular weight excluding hydrogens is 259 g/mol. The van der Waals surface area contributed by atoms with Gasteiger partial charge in [-0.25, -0.2) is 4.98 Å². The van der Waals surface area contributed by atoms with Crippen molar-refractivity contribution >= 4 is 5.91 Å². The number of pyridine rings is 1. The van der Waals surface area contributed by atoms with Crippen LogP contribution >= 0.6 is 0 Å². The van der Waals surface area contributed by atoms with Gasteiger partial charge in [-0.05, 0) is 31.5 Å². The molecule has 0 radical (unpaired) electrons. The molecule has 0 spiro atoms. The lowest BCUT2D eigenvalue weighted by atomic mass is 10.1. The van der Waals surface area contributed by atoms with Gasteiger partial charge in [-0.3, -0.25) is 4.79 Å². The van der Waals surface area contributed by atoms with Gasteiger partial charge < -0.3 is 11.1 Å². The fourth-order valence-electron chi connectivity index (χ4n) is 1.40. The third kappa shape index (κ3) is 4.20. The van der Waals surface area contributed by atoms with Crippen LogP contribution in [0.3, 0.4) is 0 Å². The molecule has 1 atom stereocenters. The van der Waals surface area contributed by atoms with Gasteiger partial charge in [-0.1, -0.05) is 6.92 Å². The first-order valence-electron chi connectivity index (χ1n) is 5.78. The Kier molecular flexibility index (Phi) is 4.88. The smallest absolute Gasteiger partial charge is 0.352 e. The van der Waals surface area contributed by atoms with Crippen molar-refractivity contribution in [1.29, 1.82) is 0 Å². The number of hydrogen-bond acceptors (Lipinski definition) is 3. The maximum absolute atomic E-state index is 12.4. The van der Waals surface area contributed by atoms with Crippen LogP contribution in [0.1, 0.15) is 28.7 Å². The lowest BCUT2D eigenvalue weighted by Gasteiger charge is -2.12. The van der Waals surface area contributed by atoms with Gasteiger partial charge in [0.2, 0.25) is 0 Å². The molecule has 1 aromatic rings. The molecule has 19 heavy (non-hydrogen) atoms. The second-order valence-electron chi connectivity index (χ2n) is 4.38. The van der Waals surface area contributed by atoms with Gasteiger partial charge in [0.25, 0.3) is 5.91 Å². The molecule has 1 unspecified atom stereocenters. The summed E-state index contributed by atoms with van der Waals surface area (Å²) in [5.74, 6) is -0.342. The normalized spacial score (nSPS) is 13.2. The molecule has 0 aliphatic heterocycles. The minimum Gasteiger partial charge on any atom is -0.352 e. The number of carbonyl (C=O) groups is 1. The van der Waals surface area contributed by atoms with Gasteiger partial charge in [0, 0.05) is 6.54 Å². The molecule has 0 fully saturated rings. The summed E-state index contributed by atoms with van der Waals surface area (Å²) in [5, 5.41) is 2.61. The number of alkyl halides is 3. The molecule has 1 amide bonds. The molecule has 4 nitrogen and oxygen atoms in total. The Morgan fingerprint density at radius 2 is 2.11 bits per heavy atom. The summed E-state index contributed by atoms with van der Waals surface area (Å²) in [5.41, 5.74) is 4.59. The SMILES string of the molecule is Cc1nc(C(F)(F)F)ccc1C(=O)NCC(C)CN. The first-order chi connectivity index (χ1) is 8.75. The summed E-state index contributed by atoms with van der Waals surface area (Å²) in [4.78, 5) is 15.2. The topological polar surface area (TPSA) is 68.0 Å². The number of halogens is 3. The Hall–Kier alpha value is -1.63. The Labute approximate surface area is 109 Å². The van der Waals surface area contributed by atoms with Crippen molar-refractivity contribution in [2.45, 2.75) is 20.0 Å². The van der Waals surface area contributed by atoms with Crippen LogP contribution in [0.4, 0.5) is 13.2 Å². The van der Waals surface area contributed by atoms with Crippen LogP contribution in [0, 0.1) is 12.8 Å². The van der Waals surface area contributed by atoms with E-state index >= 15 is 0 Å². The van der Waals surface area contributed by atoms with E-state index in [0.29, 0.717) is 13.1 Å². The Morgan fingerprint density at radius 3 is 2.58 bits per heavy atom. The highest BCUT2D eigenvalue weighted by molar-refractivity contribution is 5.95. The number of carbonyl (C=O) groups excluding carboxylic acids is 1. The van der Waals surface area contributed by atoms with Gasteiger partial charge in [0.15, 0.2) is 0 Å². The lowest BCUT2D eigenvalue weighted by molar-refractivity contribution is -0.141. The molecule has 0 bridgehead atoms. The van der Waals surface area contributed by atoms with Gasteiger partial charge in [-0.2, -0.15) is 13.2 Å². The highest BCUT2D eigenvalue weighted by Crippen LogP contribution is 2.28. The van der Waals surface area contributed by atoms with Gasteiger partial charge in [0.05, 0.1) is 11.3 Å². The van der Waals surface area contributed by atoms with E-state index < -0.39 is 17.8 Å². The van der Waals surface area contributed by atoms with Crippen molar-refractivity contribution < 1.29 is 18.0 Å². The van der Waals surface area contributed by atoms with Crippen LogP contribution in [-0.4, -0.2) is 24.0 Å².